The molecule has 2 heterocycles. The molecule has 1 unspecified atom stereocenters. The lowest BCUT2D eigenvalue weighted by Gasteiger charge is -2.24. The van der Waals surface area contributed by atoms with Crippen LogP contribution in [0.2, 0.25) is 0 Å². The first kappa shape index (κ1) is 18.6. The molecule has 0 saturated carbocycles. The largest absolute Gasteiger partial charge is 0.466 e. The standard InChI is InChI=1S/C18H21N5O4/c1-3-16-20-17-8-6-13(11-22(17)21-16)19-14-7-4-12(5-9-18(24)27-2)10-15(14)23(25)26/h4-5,7,9-10,13,19H,3,6,8,11H2,1-2H3/b9-5+. The second-order valence-corrected chi connectivity index (χ2v) is 6.25. The maximum atomic E-state index is 11.5. The summed E-state index contributed by atoms with van der Waals surface area (Å²) in [6.45, 7) is 2.63. The number of nitrogens with one attached hydrogen (secondary N) is 1. The van der Waals surface area contributed by atoms with Crippen LogP contribution in [-0.4, -0.2) is 38.8 Å². The van der Waals surface area contributed by atoms with E-state index in [-0.39, 0.29) is 11.7 Å². The van der Waals surface area contributed by atoms with Crippen molar-refractivity contribution in [2.75, 3.05) is 12.4 Å². The molecule has 2 aromatic rings. The van der Waals surface area contributed by atoms with Gasteiger partial charge >= 0.3 is 5.97 Å². The number of fused-ring (bicyclic) bond motifs is 1. The molecule has 27 heavy (non-hydrogen) atoms. The zero-order valence-electron chi connectivity index (χ0n) is 15.2. The van der Waals surface area contributed by atoms with Crippen molar-refractivity contribution >= 4 is 23.4 Å². The summed E-state index contributed by atoms with van der Waals surface area (Å²) in [5, 5.41) is 19.2. The van der Waals surface area contributed by atoms with Crippen LogP contribution >= 0.6 is 0 Å². The summed E-state index contributed by atoms with van der Waals surface area (Å²) in [5.41, 5.74) is 0.951. The van der Waals surface area contributed by atoms with Gasteiger partial charge in [-0.1, -0.05) is 13.0 Å². The topological polar surface area (TPSA) is 112 Å². The van der Waals surface area contributed by atoms with Crippen LogP contribution in [-0.2, 0) is 28.9 Å². The summed E-state index contributed by atoms with van der Waals surface area (Å²) in [6.07, 6.45) is 5.09. The van der Waals surface area contributed by atoms with E-state index in [4.69, 9.17) is 0 Å². The summed E-state index contributed by atoms with van der Waals surface area (Å²) in [4.78, 5) is 26.7. The van der Waals surface area contributed by atoms with Crippen molar-refractivity contribution in [2.24, 2.45) is 0 Å². The fourth-order valence-electron chi connectivity index (χ4n) is 3.01. The van der Waals surface area contributed by atoms with Gasteiger partial charge in [-0.05, 0) is 24.1 Å². The highest BCUT2D eigenvalue weighted by Gasteiger charge is 2.24. The number of aryl methyl sites for hydroxylation is 2. The second kappa shape index (κ2) is 7.98. The van der Waals surface area contributed by atoms with Crippen molar-refractivity contribution in [1.29, 1.82) is 0 Å². The van der Waals surface area contributed by atoms with Crippen LogP contribution in [0.25, 0.3) is 6.08 Å². The first-order valence-corrected chi connectivity index (χ1v) is 8.73. The first-order valence-electron chi connectivity index (χ1n) is 8.73. The smallest absolute Gasteiger partial charge is 0.330 e. The van der Waals surface area contributed by atoms with Crippen LogP contribution < -0.4 is 5.32 Å². The van der Waals surface area contributed by atoms with Gasteiger partial charge in [0.1, 0.15) is 11.5 Å². The highest BCUT2D eigenvalue weighted by atomic mass is 16.6. The van der Waals surface area contributed by atoms with Gasteiger partial charge in [-0.15, -0.1) is 0 Å². The van der Waals surface area contributed by atoms with Crippen LogP contribution in [0.15, 0.2) is 24.3 Å². The predicted molar refractivity (Wildman–Crippen MR) is 99.3 cm³/mol. The lowest BCUT2D eigenvalue weighted by atomic mass is 10.1. The predicted octanol–water partition coefficient (Wildman–Crippen LogP) is 2.36. The quantitative estimate of drug-likeness (QED) is 0.359. The minimum Gasteiger partial charge on any atom is -0.466 e. The number of benzene rings is 1. The monoisotopic (exact) mass is 371 g/mol. The van der Waals surface area contributed by atoms with E-state index in [0.717, 1.165) is 30.9 Å². The number of esters is 1. The molecule has 1 aliphatic rings. The number of aromatic nitrogens is 3. The van der Waals surface area contributed by atoms with Crippen LogP contribution in [0.1, 0.15) is 30.6 Å². The average molecular weight is 371 g/mol. The van der Waals surface area contributed by atoms with E-state index in [1.54, 1.807) is 12.1 Å². The maximum absolute atomic E-state index is 11.5. The molecule has 0 radical (unpaired) electrons. The molecule has 0 aliphatic carbocycles. The van der Waals surface area contributed by atoms with Crippen molar-refractivity contribution in [2.45, 2.75) is 38.8 Å². The minimum absolute atomic E-state index is 0.0269. The second-order valence-electron chi connectivity index (χ2n) is 6.25. The van der Waals surface area contributed by atoms with Gasteiger partial charge in [0, 0.05) is 31.0 Å². The zero-order valence-corrected chi connectivity index (χ0v) is 15.2. The number of ether oxygens (including phenoxy) is 1. The fourth-order valence-corrected chi connectivity index (χ4v) is 3.01. The number of hydrogen-bond donors (Lipinski definition) is 1. The fraction of sp³-hybridized carbons (Fsp3) is 0.389. The average Bonchev–Trinajstić information content (AvgIpc) is 3.09. The number of carbonyl (C=O) groups excluding carboxylic acids is 1. The molecular weight excluding hydrogens is 350 g/mol. The molecule has 1 aromatic heterocycles. The third kappa shape index (κ3) is 4.30. The van der Waals surface area contributed by atoms with Crippen LogP contribution in [0, 0.1) is 10.1 Å². The van der Waals surface area contributed by atoms with Gasteiger partial charge in [0.15, 0.2) is 5.82 Å². The van der Waals surface area contributed by atoms with Gasteiger partial charge in [-0.3, -0.25) is 10.1 Å². The lowest BCUT2D eigenvalue weighted by molar-refractivity contribution is -0.384. The minimum atomic E-state index is -0.517. The normalized spacial score (nSPS) is 16.1. The number of nitrogens with zero attached hydrogens (tertiary/aromatic N) is 4. The Labute approximate surface area is 156 Å². The van der Waals surface area contributed by atoms with Crippen molar-refractivity contribution in [3.8, 4) is 0 Å². The molecule has 142 valence electrons. The van der Waals surface area contributed by atoms with E-state index in [1.165, 1.54) is 25.3 Å². The number of anilines is 1. The summed E-state index contributed by atoms with van der Waals surface area (Å²) in [6, 6.07) is 4.83. The number of nitro groups is 1. The molecule has 0 spiro atoms. The van der Waals surface area contributed by atoms with Crippen LogP contribution in [0.4, 0.5) is 11.4 Å². The SMILES string of the molecule is CCc1nc2n(n1)CC(Nc1ccc(/C=C/C(=O)OC)cc1[N+](=O)[O-])CC2. The molecule has 9 nitrogen and oxygen atoms in total. The van der Waals surface area contributed by atoms with Crippen LogP contribution in [0.3, 0.4) is 0 Å². The molecule has 1 atom stereocenters. The number of nitro benzene ring substituents is 1. The number of rotatable bonds is 6. The highest BCUT2D eigenvalue weighted by molar-refractivity contribution is 5.87. The summed E-state index contributed by atoms with van der Waals surface area (Å²) in [7, 11) is 1.27. The van der Waals surface area contributed by atoms with Gasteiger partial charge < -0.3 is 10.1 Å². The molecule has 1 N–H and O–H groups in total. The Morgan fingerprint density at radius 3 is 3.04 bits per heavy atom. The molecule has 3 rings (SSSR count). The van der Waals surface area contributed by atoms with Gasteiger partial charge in [0.25, 0.3) is 5.69 Å². The van der Waals surface area contributed by atoms with Crippen LogP contribution in [0.5, 0.6) is 0 Å². The van der Waals surface area contributed by atoms with Crippen molar-refractivity contribution in [1.82, 2.24) is 14.8 Å². The van der Waals surface area contributed by atoms with E-state index in [1.807, 2.05) is 11.6 Å². The molecule has 0 amide bonds. The first-order chi connectivity index (χ1) is 13.0. The third-order valence-electron chi connectivity index (χ3n) is 4.41. The Hall–Kier alpha value is -3.23. The van der Waals surface area contributed by atoms with E-state index >= 15 is 0 Å². The van der Waals surface area contributed by atoms with Crippen molar-refractivity contribution in [3.63, 3.8) is 0 Å². The lowest BCUT2D eigenvalue weighted by Crippen LogP contribution is -2.32. The van der Waals surface area contributed by atoms with Crippen molar-refractivity contribution < 1.29 is 14.5 Å². The zero-order chi connectivity index (χ0) is 19.4. The Bertz CT molecular complexity index is 890. The summed E-state index contributed by atoms with van der Waals surface area (Å²) < 4.78 is 6.40. The number of methoxy groups -OCH3 is 1. The van der Waals surface area contributed by atoms with E-state index in [9.17, 15) is 14.9 Å². The molecule has 1 aliphatic heterocycles. The third-order valence-corrected chi connectivity index (χ3v) is 4.41. The Kier molecular flexibility index (Phi) is 5.49. The Morgan fingerprint density at radius 1 is 1.52 bits per heavy atom. The molecule has 0 saturated heterocycles. The molecule has 9 heteroatoms. The van der Waals surface area contributed by atoms with Gasteiger partial charge in [-0.25, -0.2) is 14.5 Å². The number of hydrogen-bond acceptors (Lipinski definition) is 7. The van der Waals surface area contributed by atoms with E-state index in [2.05, 4.69) is 20.1 Å². The number of carbonyl (C=O) groups is 1. The van der Waals surface area contributed by atoms with Crippen molar-refractivity contribution in [3.05, 3.63) is 51.6 Å². The molecule has 0 fully saturated rings. The van der Waals surface area contributed by atoms with Gasteiger partial charge in [-0.2, -0.15) is 5.10 Å². The highest BCUT2D eigenvalue weighted by Crippen LogP contribution is 2.28. The molecular formula is C18H21N5O4. The van der Waals surface area contributed by atoms with E-state index in [0.29, 0.717) is 17.8 Å². The van der Waals surface area contributed by atoms with Gasteiger partial charge in [0.2, 0.25) is 0 Å². The Morgan fingerprint density at radius 2 is 2.33 bits per heavy atom. The molecule has 1 aromatic carbocycles. The van der Waals surface area contributed by atoms with Gasteiger partial charge in [0.05, 0.1) is 18.6 Å². The summed E-state index contributed by atoms with van der Waals surface area (Å²) >= 11 is 0. The van der Waals surface area contributed by atoms with E-state index < -0.39 is 10.9 Å². The maximum Gasteiger partial charge on any atom is 0.330 e. The Balaban J connectivity index is 1.77. The molecule has 0 bridgehead atoms. The summed E-state index contributed by atoms with van der Waals surface area (Å²) in [5.74, 6) is 1.26.